The third-order valence-corrected chi connectivity index (χ3v) is 3.15. The van der Waals surface area contributed by atoms with Crippen LogP contribution in [0.2, 0.25) is 5.02 Å². The molecule has 1 aromatic carbocycles. The van der Waals surface area contributed by atoms with E-state index in [1.807, 2.05) is 12.1 Å². The van der Waals surface area contributed by atoms with Crippen molar-refractivity contribution in [3.05, 3.63) is 29.3 Å². The molecule has 0 aliphatic heterocycles. The average Bonchev–Trinajstić information content (AvgIpc) is 2.34. The van der Waals surface area contributed by atoms with Gasteiger partial charge in [-0.1, -0.05) is 17.7 Å². The van der Waals surface area contributed by atoms with E-state index in [0.717, 1.165) is 18.8 Å². The van der Waals surface area contributed by atoms with E-state index in [4.69, 9.17) is 11.6 Å². The maximum atomic E-state index is 11.7. The fraction of sp³-hybridized carbons (Fsp3) is 0.500. The molecule has 106 valence electrons. The van der Waals surface area contributed by atoms with E-state index >= 15 is 0 Å². The van der Waals surface area contributed by atoms with Crippen LogP contribution in [0, 0.1) is 0 Å². The van der Waals surface area contributed by atoms with Crippen LogP contribution in [0.15, 0.2) is 24.3 Å². The number of likely N-dealkylation sites (N-methyl/N-ethyl adjacent to an activating group) is 1. The second kappa shape index (κ2) is 8.15. The Morgan fingerprint density at radius 1 is 1.42 bits per heavy atom. The van der Waals surface area contributed by atoms with Gasteiger partial charge in [0.2, 0.25) is 5.91 Å². The lowest BCUT2D eigenvalue weighted by Gasteiger charge is -2.20. The number of amides is 1. The molecule has 0 aliphatic rings. The molecule has 2 N–H and O–H groups in total. The van der Waals surface area contributed by atoms with Crippen LogP contribution in [0.4, 0.5) is 5.69 Å². The number of benzene rings is 1. The summed E-state index contributed by atoms with van der Waals surface area (Å²) in [6.45, 7) is 6.30. The zero-order chi connectivity index (χ0) is 14.3. The van der Waals surface area contributed by atoms with Crippen molar-refractivity contribution in [3.63, 3.8) is 0 Å². The minimum absolute atomic E-state index is 0.0607. The van der Waals surface area contributed by atoms with Crippen molar-refractivity contribution in [1.82, 2.24) is 10.2 Å². The van der Waals surface area contributed by atoms with Crippen molar-refractivity contribution >= 4 is 23.2 Å². The van der Waals surface area contributed by atoms with Gasteiger partial charge in [0.1, 0.15) is 0 Å². The molecule has 19 heavy (non-hydrogen) atoms. The molecule has 0 heterocycles. The Morgan fingerprint density at radius 2 is 2.16 bits per heavy atom. The van der Waals surface area contributed by atoms with Crippen LogP contribution < -0.4 is 10.6 Å². The summed E-state index contributed by atoms with van der Waals surface area (Å²) in [4.78, 5) is 13.9. The molecule has 0 bridgehead atoms. The zero-order valence-corrected chi connectivity index (χ0v) is 12.5. The molecular formula is C14H22ClN3O. The second-order valence-corrected chi connectivity index (χ2v) is 5.25. The topological polar surface area (TPSA) is 44.4 Å². The minimum Gasteiger partial charge on any atom is -0.325 e. The van der Waals surface area contributed by atoms with Crippen LogP contribution in [0.25, 0.3) is 0 Å². The number of carbonyl (C=O) groups excluding carboxylic acids is 1. The van der Waals surface area contributed by atoms with E-state index in [1.165, 1.54) is 0 Å². The lowest BCUT2D eigenvalue weighted by Crippen LogP contribution is -2.36. The first-order valence-electron chi connectivity index (χ1n) is 6.45. The molecule has 1 amide bonds. The van der Waals surface area contributed by atoms with Gasteiger partial charge >= 0.3 is 0 Å². The average molecular weight is 284 g/mol. The van der Waals surface area contributed by atoms with Gasteiger partial charge in [-0.15, -0.1) is 0 Å². The standard InChI is InChI=1S/C14H22ClN3O/c1-11(2)18(3)8-7-16-10-14(19)17-13-6-4-5-12(15)9-13/h4-6,9,11,16H,7-8,10H2,1-3H3,(H,17,19). The summed E-state index contributed by atoms with van der Waals surface area (Å²) >= 11 is 5.85. The first-order valence-corrected chi connectivity index (χ1v) is 6.83. The Hall–Kier alpha value is -1.10. The lowest BCUT2D eigenvalue weighted by atomic mass is 10.3. The molecule has 0 aromatic heterocycles. The molecule has 0 fully saturated rings. The predicted octanol–water partition coefficient (Wildman–Crippen LogP) is 2.21. The van der Waals surface area contributed by atoms with Gasteiger partial charge in [0, 0.05) is 29.8 Å². The molecule has 0 unspecified atom stereocenters. The van der Waals surface area contributed by atoms with E-state index < -0.39 is 0 Å². The van der Waals surface area contributed by atoms with Gasteiger partial charge in [0.15, 0.2) is 0 Å². The number of hydrogen-bond donors (Lipinski definition) is 2. The number of rotatable bonds is 7. The Morgan fingerprint density at radius 3 is 2.79 bits per heavy atom. The van der Waals surface area contributed by atoms with Gasteiger partial charge in [0.05, 0.1) is 6.54 Å². The summed E-state index contributed by atoms with van der Waals surface area (Å²) in [5, 5.41) is 6.53. The van der Waals surface area contributed by atoms with Crippen molar-refractivity contribution in [2.24, 2.45) is 0 Å². The highest BCUT2D eigenvalue weighted by atomic mass is 35.5. The van der Waals surface area contributed by atoms with Crippen LogP contribution in [-0.4, -0.2) is 43.5 Å². The van der Waals surface area contributed by atoms with Crippen LogP contribution in [0.3, 0.4) is 0 Å². The van der Waals surface area contributed by atoms with Crippen molar-refractivity contribution in [2.45, 2.75) is 19.9 Å². The number of halogens is 1. The predicted molar refractivity (Wildman–Crippen MR) is 80.7 cm³/mol. The van der Waals surface area contributed by atoms with Crippen LogP contribution in [0.1, 0.15) is 13.8 Å². The van der Waals surface area contributed by atoms with E-state index in [9.17, 15) is 4.79 Å². The van der Waals surface area contributed by atoms with Crippen molar-refractivity contribution in [3.8, 4) is 0 Å². The van der Waals surface area contributed by atoms with Crippen LogP contribution >= 0.6 is 11.6 Å². The van der Waals surface area contributed by atoms with Gasteiger partial charge in [0.25, 0.3) is 0 Å². The third-order valence-electron chi connectivity index (χ3n) is 2.92. The monoisotopic (exact) mass is 283 g/mol. The third kappa shape index (κ3) is 6.57. The highest BCUT2D eigenvalue weighted by Crippen LogP contribution is 2.14. The van der Waals surface area contributed by atoms with Gasteiger partial charge in [-0.05, 0) is 39.1 Å². The SMILES string of the molecule is CC(C)N(C)CCNCC(=O)Nc1cccc(Cl)c1. The summed E-state index contributed by atoms with van der Waals surface area (Å²) in [5.41, 5.74) is 0.721. The summed E-state index contributed by atoms with van der Waals surface area (Å²) in [7, 11) is 2.07. The molecule has 0 atom stereocenters. The first-order chi connectivity index (χ1) is 8.99. The van der Waals surface area contributed by atoms with E-state index in [1.54, 1.807) is 12.1 Å². The van der Waals surface area contributed by atoms with Gasteiger partial charge in [-0.25, -0.2) is 0 Å². The Labute approximate surface area is 120 Å². The molecule has 1 rings (SSSR count). The Bertz CT molecular complexity index is 409. The fourth-order valence-corrected chi connectivity index (χ4v) is 1.68. The van der Waals surface area contributed by atoms with Crippen molar-refractivity contribution < 1.29 is 4.79 Å². The Balaban J connectivity index is 2.22. The molecular weight excluding hydrogens is 262 g/mol. The summed E-state index contributed by atoms with van der Waals surface area (Å²) in [6, 6.07) is 7.64. The van der Waals surface area contributed by atoms with Crippen LogP contribution in [-0.2, 0) is 4.79 Å². The normalized spacial score (nSPS) is 11.1. The lowest BCUT2D eigenvalue weighted by molar-refractivity contribution is -0.115. The maximum absolute atomic E-state index is 11.7. The molecule has 0 saturated carbocycles. The molecule has 0 aliphatic carbocycles. The fourth-order valence-electron chi connectivity index (χ4n) is 1.49. The summed E-state index contributed by atoms with van der Waals surface area (Å²) in [5.74, 6) is -0.0607. The maximum Gasteiger partial charge on any atom is 0.238 e. The molecule has 0 saturated heterocycles. The molecule has 0 radical (unpaired) electrons. The second-order valence-electron chi connectivity index (χ2n) is 4.81. The van der Waals surface area contributed by atoms with Crippen LogP contribution in [0.5, 0.6) is 0 Å². The first kappa shape index (κ1) is 16.0. The van der Waals surface area contributed by atoms with Gasteiger partial charge in [-0.3, -0.25) is 4.79 Å². The molecule has 5 heteroatoms. The Kier molecular flexibility index (Phi) is 6.84. The number of nitrogens with one attached hydrogen (secondary N) is 2. The summed E-state index contributed by atoms with van der Waals surface area (Å²) in [6.07, 6.45) is 0. The molecule has 4 nitrogen and oxygen atoms in total. The smallest absolute Gasteiger partial charge is 0.238 e. The highest BCUT2D eigenvalue weighted by Gasteiger charge is 2.04. The van der Waals surface area contributed by atoms with Gasteiger partial charge < -0.3 is 15.5 Å². The van der Waals surface area contributed by atoms with Gasteiger partial charge in [-0.2, -0.15) is 0 Å². The zero-order valence-electron chi connectivity index (χ0n) is 11.7. The number of hydrogen-bond acceptors (Lipinski definition) is 3. The van der Waals surface area contributed by atoms with E-state index in [0.29, 0.717) is 17.6 Å². The minimum atomic E-state index is -0.0607. The molecule has 1 aromatic rings. The quantitative estimate of drug-likeness (QED) is 0.754. The number of carbonyl (C=O) groups is 1. The number of anilines is 1. The highest BCUT2D eigenvalue weighted by molar-refractivity contribution is 6.30. The van der Waals surface area contributed by atoms with E-state index in [2.05, 4.69) is 36.4 Å². The van der Waals surface area contributed by atoms with Crippen molar-refractivity contribution in [2.75, 3.05) is 32.0 Å². The largest absolute Gasteiger partial charge is 0.325 e. The summed E-state index contributed by atoms with van der Waals surface area (Å²) < 4.78 is 0. The van der Waals surface area contributed by atoms with E-state index in [-0.39, 0.29) is 5.91 Å². The molecule has 0 spiro atoms. The number of nitrogens with zero attached hydrogens (tertiary/aromatic N) is 1. The van der Waals surface area contributed by atoms with Crippen molar-refractivity contribution in [1.29, 1.82) is 0 Å².